The SMILES string of the molecule is Cc1ccc(O)c(C(C#Cc2ccccc2)N2CCCC2)c1. The first kappa shape index (κ1) is 14.7. The van der Waals surface area contributed by atoms with Crippen LogP contribution in [0.1, 0.15) is 35.6 Å². The zero-order valence-electron chi connectivity index (χ0n) is 12.9. The Morgan fingerprint density at radius 2 is 1.77 bits per heavy atom. The van der Waals surface area contributed by atoms with Gasteiger partial charge in [-0.3, -0.25) is 4.90 Å². The van der Waals surface area contributed by atoms with Crippen LogP contribution in [0, 0.1) is 18.8 Å². The molecule has 0 aromatic heterocycles. The van der Waals surface area contributed by atoms with Gasteiger partial charge in [0.25, 0.3) is 0 Å². The van der Waals surface area contributed by atoms with Crippen molar-refractivity contribution in [3.63, 3.8) is 0 Å². The summed E-state index contributed by atoms with van der Waals surface area (Å²) in [6.07, 6.45) is 2.41. The van der Waals surface area contributed by atoms with E-state index in [0.29, 0.717) is 5.75 Å². The van der Waals surface area contributed by atoms with Crippen LogP contribution in [0.3, 0.4) is 0 Å². The lowest BCUT2D eigenvalue weighted by Crippen LogP contribution is -2.24. The van der Waals surface area contributed by atoms with Gasteiger partial charge in [0.1, 0.15) is 11.8 Å². The summed E-state index contributed by atoms with van der Waals surface area (Å²) < 4.78 is 0. The highest BCUT2D eigenvalue weighted by molar-refractivity contribution is 5.44. The van der Waals surface area contributed by atoms with Gasteiger partial charge in [0.15, 0.2) is 0 Å². The minimum absolute atomic E-state index is 0.0393. The molecule has 0 bridgehead atoms. The lowest BCUT2D eigenvalue weighted by molar-refractivity contribution is 0.290. The van der Waals surface area contributed by atoms with Gasteiger partial charge in [0, 0.05) is 11.1 Å². The number of nitrogens with zero attached hydrogens (tertiary/aromatic N) is 1. The van der Waals surface area contributed by atoms with Gasteiger partial charge in [-0.2, -0.15) is 0 Å². The van der Waals surface area contributed by atoms with E-state index in [2.05, 4.69) is 29.7 Å². The van der Waals surface area contributed by atoms with Gasteiger partial charge in [-0.05, 0) is 57.1 Å². The summed E-state index contributed by atoms with van der Waals surface area (Å²) >= 11 is 0. The van der Waals surface area contributed by atoms with Gasteiger partial charge in [-0.15, -0.1) is 0 Å². The van der Waals surface area contributed by atoms with Gasteiger partial charge in [0.2, 0.25) is 0 Å². The smallest absolute Gasteiger partial charge is 0.121 e. The van der Waals surface area contributed by atoms with E-state index in [4.69, 9.17) is 0 Å². The molecule has 2 aromatic carbocycles. The molecule has 0 amide bonds. The summed E-state index contributed by atoms with van der Waals surface area (Å²) in [6.45, 7) is 4.14. The fourth-order valence-electron chi connectivity index (χ4n) is 2.93. The lowest BCUT2D eigenvalue weighted by atomic mass is 10.0. The maximum Gasteiger partial charge on any atom is 0.121 e. The van der Waals surface area contributed by atoms with Crippen LogP contribution in [0.2, 0.25) is 0 Å². The van der Waals surface area contributed by atoms with Crippen LogP contribution in [-0.4, -0.2) is 23.1 Å². The molecule has 1 atom stereocenters. The van der Waals surface area contributed by atoms with E-state index in [0.717, 1.165) is 29.8 Å². The molecule has 3 rings (SSSR count). The Kier molecular flexibility index (Phi) is 4.46. The predicted octanol–water partition coefficient (Wildman–Crippen LogP) is 3.89. The van der Waals surface area contributed by atoms with Gasteiger partial charge in [-0.1, -0.05) is 41.7 Å². The molecule has 0 aliphatic carbocycles. The molecule has 1 aliphatic heterocycles. The monoisotopic (exact) mass is 291 g/mol. The van der Waals surface area contributed by atoms with Crippen LogP contribution in [0.25, 0.3) is 0 Å². The molecule has 0 saturated carbocycles. The second-order valence-electron chi connectivity index (χ2n) is 5.84. The highest BCUT2D eigenvalue weighted by Crippen LogP contribution is 2.31. The summed E-state index contributed by atoms with van der Waals surface area (Å²) in [5.41, 5.74) is 3.09. The Labute approximate surface area is 132 Å². The zero-order chi connectivity index (χ0) is 15.4. The minimum Gasteiger partial charge on any atom is -0.508 e. The average molecular weight is 291 g/mol. The average Bonchev–Trinajstić information content (AvgIpc) is 3.06. The summed E-state index contributed by atoms with van der Waals surface area (Å²) in [6, 6.07) is 15.8. The number of benzene rings is 2. The zero-order valence-corrected chi connectivity index (χ0v) is 12.9. The molecule has 0 radical (unpaired) electrons. The largest absolute Gasteiger partial charge is 0.508 e. The van der Waals surface area contributed by atoms with Crippen LogP contribution in [-0.2, 0) is 0 Å². The first-order chi connectivity index (χ1) is 10.7. The first-order valence-corrected chi connectivity index (χ1v) is 7.84. The van der Waals surface area contributed by atoms with Crippen molar-refractivity contribution in [3.8, 4) is 17.6 Å². The Balaban J connectivity index is 1.97. The van der Waals surface area contributed by atoms with Crippen molar-refractivity contribution in [1.82, 2.24) is 4.90 Å². The van der Waals surface area contributed by atoms with E-state index in [9.17, 15) is 5.11 Å². The fraction of sp³-hybridized carbons (Fsp3) is 0.300. The first-order valence-electron chi connectivity index (χ1n) is 7.84. The van der Waals surface area contributed by atoms with E-state index in [1.165, 1.54) is 12.8 Å². The van der Waals surface area contributed by atoms with Crippen molar-refractivity contribution in [2.24, 2.45) is 0 Å². The van der Waals surface area contributed by atoms with Crippen molar-refractivity contribution >= 4 is 0 Å². The number of hydrogen-bond acceptors (Lipinski definition) is 2. The van der Waals surface area contributed by atoms with Crippen molar-refractivity contribution in [3.05, 3.63) is 65.2 Å². The second kappa shape index (κ2) is 6.68. The van der Waals surface area contributed by atoms with Crippen molar-refractivity contribution < 1.29 is 5.11 Å². The molecule has 1 heterocycles. The van der Waals surface area contributed by atoms with E-state index in [-0.39, 0.29) is 6.04 Å². The Bertz CT molecular complexity index is 691. The second-order valence-corrected chi connectivity index (χ2v) is 5.84. The third-order valence-corrected chi connectivity index (χ3v) is 4.11. The molecule has 1 N–H and O–H groups in total. The molecule has 2 aromatic rings. The molecule has 1 fully saturated rings. The number of aromatic hydroxyl groups is 1. The van der Waals surface area contributed by atoms with Gasteiger partial charge < -0.3 is 5.11 Å². The molecule has 2 nitrogen and oxygen atoms in total. The number of phenolic OH excluding ortho intramolecular Hbond substituents is 1. The van der Waals surface area contributed by atoms with Crippen LogP contribution >= 0.6 is 0 Å². The van der Waals surface area contributed by atoms with E-state index in [1.807, 2.05) is 36.4 Å². The van der Waals surface area contributed by atoms with Gasteiger partial charge in [-0.25, -0.2) is 0 Å². The molecule has 0 spiro atoms. The highest BCUT2D eigenvalue weighted by atomic mass is 16.3. The van der Waals surface area contributed by atoms with Crippen molar-refractivity contribution in [1.29, 1.82) is 0 Å². The lowest BCUT2D eigenvalue weighted by Gasteiger charge is -2.24. The van der Waals surface area contributed by atoms with Crippen LogP contribution in [0.4, 0.5) is 0 Å². The van der Waals surface area contributed by atoms with Gasteiger partial charge >= 0.3 is 0 Å². The molecule has 1 saturated heterocycles. The Morgan fingerprint density at radius 3 is 2.50 bits per heavy atom. The fourth-order valence-corrected chi connectivity index (χ4v) is 2.93. The number of phenols is 1. The summed E-state index contributed by atoms with van der Waals surface area (Å²) in [5.74, 6) is 6.98. The Morgan fingerprint density at radius 1 is 1.05 bits per heavy atom. The molecular formula is C20H21NO. The molecule has 22 heavy (non-hydrogen) atoms. The van der Waals surface area contributed by atoms with Gasteiger partial charge in [0.05, 0.1) is 0 Å². The van der Waals surface area contributed by atoms with Crippen molar-refractivity contribution in [2.75, 3.05) is 13.1 Å². The highest BCUT2D eigenvalue weighted by Gasteiger charge is 2.24. The third-order valence-electron chi connectivity index (χ3n) is 4.11. The molecular weight excluding hydrogens is 270 g/mol. The van der Waals surface area contributed by atoms with Crippen LogP contribution < -0.4 is 0 Å². The van der Waals surface area contributed by atoms with E-state index < -0.39 is 0 Å². The third kappa shape index (κ3) is 3.32. The maximum atomic E-state index is 10.3. The van der Waals surface area contributed by atoms with E-state index in [1.54, 1.807) is 6.07 Å². The molecule has 2 heteroatoms. The Hall–Kier alpha value is -2.24. The molecule has 112 valence electrons. The quantitative estimate of drug-likeness (QED) is 0.849. The summed E-state index contributed by atoms with van der Waals surface area (Å²) in [4.78, 5) is 2.37. The number of likely N-dealkylation sites (tertiary alicyclic amines) is 1. The maximum absolute atomic E-state index is 10.3. The van der Waals surface area contributed by atoms with Crippen LogP contribution in [0.5, 0.6) is 5.75 Å². The normalized spacial score (nSPS) is 16.0. The number of aryl methyl sites for hydroxylation is 1. The molecule has 1 unspecified atom stereocenters. The topological polar surface area (TPSA) is 23.5 Å². The molecule has 1 aliphatic rings. The van der Waals surface area contributed by atoms with E-state index >= 15 is 0 Å². The number of hydrogen-bond donors (Lipinski definition) is 1. The predicted molar refractivity (Wildman–Crippen MR) is 89.7 cm³/mol. The standard InChI is InChI=1S/C20H21NO/c1-16-9-12-20(22)18(15-16)19(21-13-5-6-14-21)11-10-17-7-3-2-4-8-17/h2-4,7-9,12,15,19,22H,5-6,13-14H2,1H3. The van der Waals surface area contributed by atoms with Crippen LogP contribution in [0.15, 0.2) is 48.5 Å². The van der Waals surface area contributed by atoms with Crippen molar-refractivity contribution in [2.45, 2.75) is 25.8 Å². The summed E-state index contributed by atoms with van der Waals surface area (Å²) in [5, 5.41) is 10.3. The summed E-state index contributed by atoms with van der Waals surface area (Å²) in [7, 11) is 0. The minimum atomic E-state index is -0.0393. The number of rotatable bonds is 2.